The highest BCUT2D eigenvalue weighted by atomic mass is 35.5. The molecule has 0 N–H and O–H groups in total. The highest BCUT2D eigenvalue weighted by Gasteiger charge is 2.08. The van der Waals surface area contributed by atoms with Crippen molar-refractivity contribution < 1.29 is 9.53 Å². The third-order valence-corrected chi connectivity index (χ3v) is 4.00. The number of Topliss-reactive ketones (excluding diaryl/α,β-unsaturated/α-hetero) is 1. The fraction of sp³-hybridized carbons (Fsp3) is 0.643. The van der Waals surface area contributed by atoms with Gasteiger partial charge in [0.15, 0.2) is 5.78 Å². The van der Waals surface area contributed by atoms with Gasteiger partial charge in [-0.1, -0.05) is 50.6 Å². The van der Waals surface area contributed by atoms with Crippen LogP contribution in [0.4, 0.5) is 0 Å². The molecule has 2 nitrogen and oxygen atoms in total. The first kappa shape index (κ1) is 15.7. The van der Waals surface area contributed by atoms with Crippen molar-refractivity contribution in [3.8, 4) is 0 Å². The van der Waals surface area contributed by atoms with Gasteiger partial charge < -0.3 is 4.74 Å². The Hall–Kier alpha value is -0.380. The predicted molar refractivity (Wildman–Crippen MR) is 77.9 cm³/mol. The molecule has 1 rings (SSSR count). The van der Waals surface area contributed by atoms with Crippen LogP contribution in [0.2, 0.25) is 4.34 Å². The van der Waals surface area contributed by atoms with E-state index in [9.17, 15) is 4.79 Å². The maximum atomic E-state index is 11.7. The molecule has 0 atom stereocenters. The van der Waals surface area contributed by atoms with Crippen LogP contribution in [0, 0.1) is 0 Å². The van der Waals surface area contributed by atoms with E-state index in [1.165, 1.54) is 43.4 Å². The molecule has 0 radical (unpaired) electrons. The lowest BCUT2D eigenvalue weighted by molar-refractivity contribution is 0.0756. The van der Waals surface area contributed by atoms with Crippen molar-refractivity contribution in [1.29, 1.82) is 0 Å². The third kappa shape index (κ3) is 6.53. The van der Waals surface area contributed by atoms with Gasteiger partial charge in [0, 0.05) is 6.61 Å². The molecule has 0 bridgehead atoms. The van der Waals surface area contributed by atoms with Crippen molar-refractivity contribution in [2.75, 3.05) is 13.2 Å². The lowest BCUT2D eigenvalue weighted by atomic mass is 10.1. The molecule has 0 unspecified atom stereocenters. The van der Waals surface area contributed by atoms with Crippen LogP contribution in [0.1, 0.15) is 55.1 Å². The van der Waals surface area contributed by atoms with Crippen LogP contribution in [-0.2, 0) is 4.74 Å². The van der Waals surface area contributed by atoms with E-state index in [1.54, 1.807) is 12.1 Å². The smallest absolute Gasteiger partial charge is 0.198 e. The maximum Gasteiger partial charge on any atom is 0.198 e. The molecule has 0 aromatic carbocycles. The minimum atomic E-state index is 0.0258. The zero-order valence-corrected chi connectivity index (χ0v) is 12.5. The van der Waals surface area contributed by atoms with Gasteiger partial charge in [0.05, 0.1) is 9.21 Å². The highest BCUT2D eigenvalue weighted by molar-refractivity contribution is 7.18. The minimum Gasteiger partial charge on any atom is -0.373 e. The number of unbranched alkanes of at least 4 members (excludes halogenated alkanes) is 5. The second kappa shape index (κ2) is 9.54. The van der Waals surface area contributed by atoms with E-state index in [4.69, 9.17) is 16.3 Å². The molecule has 0 amide bonds. The predicted octanol–water partition coefficient (Wildman–Crippen LogP) is 4.96. The quantitative estimate of drug-likeness (QED) is 0.449. The van der Waals surface area contributed by atoms with Gasteiger partial charge in [0.1, 0.15) is 6.61 Å². The van der Waals surface area contributed by atoms with Crippen molar-refractivity contribution >= 4 is 28.7 Å². The number of carbonyl (C=O) groups excluding carboxylic acids is 1. The van der Waals surface area contributed by atoms with Crippen LogP contribution in [0.25, 0.3) is 0 Å². The van der Waals surface area contributed by atoms with Gasteiger partial charge >= 0.3 is 0 Å². The summed E-state index contributed by atoms with van der Waals surface area (Å²) in [5.74, 6) is 0.0258. The molecule has 0 spiro atoms. The summed E-state index contributed by atoms with van der Waals surface area (Å²) in [6, 6.07) is 3.50. The Morgan fingerprint density at radius 1 is 1.22 bits per heavy atom. The summed E-state index contributed by atoms with van der Waals surface area (Å²) in [7, 11) is 0. The van der Waals surface area contributed by atoms with E-state index in [2.05, 4.69) is 6.92 Å². The van der Waals surface area contributed by atoms with E-state index in [0.29, 0.717) is 15.8 Å². The first-order valence-corrected chi connectivity index (χ1v) is 7.79. The Kier molecular flexibility index (Phi) is 8.31. The molecule has 102 valence electrons. The second-order valence-corrected chi connectivity index (χ2v) is 6.06. The Labute approximate surface area is 118 Å². The molecular weight excluding hydrogens is 268 g/mol. The molecule has 4 heteroatoms. The molecule has 0 aliphatic carbocycles. The zero-order chi connectivity index (χ0) is 13.2. The van der Waals surface area contributed by atoms with E-state index in [0.717, 1.165) is 6.42 Å². The monoisotopic (exact) mass is 288 g/mol. The van der Waals surface area contributed by atoms with E-state index in [1.807, 2.05) is 0 Å². The topological polar surface area (TPSA) is 26.3 Å². The lowest BCUT2D eigenvalue weighted by Crippen LogP contribution is -2.08. The third-order valence-electron chi connectivity index (χ3n) is 2.72. The van der Waals surface area contributed by atoms with Crippen LogP contribution in [0.5, 0.6) is 0 Å². The molecule has 18 heavy (non-hydrogen) atoms. The van der Waals surface area contributed by atoms with Crippen molar-refractivity contribution in [2.24, 2.45) is 0 Å². The number of ketones is 1. The van der Waals surface area contributed by atoms with Crippen molar-refractivity contribution in [2.45, 2.75) is 45.4 Å². The van der Waals surface area contributed by atoms with Gasteiger partial charge in [-0.2, -0.15) is 0 Å². The van der Waals surface area contributed by atoms with Gasteiger partial charge in [0.2, 0.25) is 0 Å². The summed E-state index contributed by atoms with van der Waals surface area (Å²) in [6.07, 6.45) is 7.41. The number of carbonyl (C=O) groups is 1. The van der Waals surface area contributed by atoms with Gasteiger partial charge in [0.25, 0.3) is 0 Å². The van der Waals surface area contributed by atoms with Crippen molar-refractivity contribution in [3.05, 3.63) is 21.3 Å². The van der Waals surface area contributed by atoms with Crippen molar-refractivity contribution in [1.82, 2.24) is 0 Å². The molecule has 0 saturated carbocycles. The van der Waals surface area contributed by atoms with E-state index in [-0.39, 0.29) is 12.4 Å². The summed E-state index contributed by atoms with van der Waals surface area (Å²) in [6.45, 7) is 3.06. The molecular formula is C14H21ClO2S. The summed E-state index contributed by atoms with van der Waals surface area (Å²) in [5, 5.41) is 0. The van der Waals surface area contributed by atoms with Crippen LogP contribution < -0.4 is 0 Å². The molecule has 0 aliphatic heterocycles. The minimum absolute atomic E-state index is 0.0258. The van der Waals surface area contributed by atoms with Gasteiger partial charge in [-0.25, -0.2) is 0 Å². The fourth-order valence-electron chi connectivity index (χ4n) is 1.68. The molecule has 1 heterocycles. The van der Waals surface area contributed by atoms with Crippen molar-refractivity contribution in [3.63, 3.8) is 0 Å². The SMILES string of the molecule is CCCCCCCCOCC(=O)c1ccc(Cl)s1. The molecule has 0 saturated heterocycles. The number of hydrogen-bond acceptors (Lipinski definition) is 3. The lowest BCUT2D eigenvalue weighted by Gasteiger charge is -2.02. The Balaban J connectivity index is 1.99. The number of halogens is 1. The van der Waals surface area contributed by atoms with Gasteiger partial charge in [-0.15, -0.1) is 11.3 Å². The Bertz CT molecular complexity index is 349. The standard InChI is InChI=1S/C14H21ClO2S/c1-2-3-4-5-6-7-10-17-11-12(16)13-8-9-14(15)18-13/h8-9H,2-7,10-11H2,1H3. The molecule has 1 aromatic heterocycles. The largest absolute Gasteiger partial charge is 0.373 e. The molecule has 0 aliphatic rings. The molecule has 0 fully saturated rings. The fourth-order valence-corrected chi connectivity index (χ4v) is 2.65. The van der Waals surface area contributed by atoms with E-state index < -0.39 is 0 Å². The maximum absolute atomic E-state index is 11.7. The summed E-state index contributed by atoms with van der Waals surface area (Å²) in [4.78, 5) is 12.3. The number of thiophene rings is 1. The van der Waals surface area contributed by atoms with Crippen LogP contribution in [0.15, 0.2) is 12.1 Å². The number of ether oxygens (including phenoxy) is 1. The summed E-state index contributed by atoms with van der Waals surface area (Å²) >= 11 is 7.08. The average Bonchev–Trinajstić information content (AvgIpc) is 2.79. The zero-order valence-electron chi connectivity index (χ0n) is 10.9. The first-order valence-electron chi connectivity index (χ1n) is 6.60. The molecule has 1 aromatic rings. The van der Waals surface area contributed by atoms with Gasteiger partial charge in [-0.3, -0.25) is 4.79 Å². The first-order chi connectivity index (χ1) is 8.74. The normalized spacial score (nSPS) is 10.8. The van der Waals surface area contributed by atoms with E-state index >= 15 is 0 Å². The number of rotatable bonds is 10. The highest BCUT2D eigenvalue weighted by Crippen LogP contribution is 2.21. The Morgan fingerprint density at radius 3 is 2.61 bits per heavy atom. The van der Waals surface area contributed by atoms with Crippen LogP contribution >= 0.6 is 22.9 Å². The summed E-state index contributed by atoms with van der Waals surface area (Å²) < 4.78 is 6.03. The summed E-state index contributed by atoms with van der Waals surface area (Å²) in [5.41, 5.74) is 0. The Morgan fingerprint density at radius 2 is 1.94 bits per heavy atom. The second-order valence-electron chi connectivity index (χ2n) is 4.35. The number of hydrogen-bond donors (Lipinski definition) is 0. The van der Waals surface area contributed by atoms with Crippen LogP contribution in [0.3, 0.4) is 0 Å². The average molecular weight is 289 g/mol. The van der Waals surface area contributed by atoms with Crippen LogP contribution in [-0.4, -0.2) is 19.0 Å². The van der Waals surface area contributed by atoms with Gasteiger partial charge in [-0.05, 0) is 18.6 Å².